The Morgan fingerprint density at radius 1 is 0.863 bits per heavy atom. The van der Waals surface area contributed by atoms with Crippen LogP contribution in [0.3, 0.4) is 0 Å². The first-order valence-electron chi connectivity index (χ1n) is 17.6. The zero-order valence-corrected chi connectivity index (χ0v) is 28.8. The van der Waals surface area contributed by atoms with Crippen molar-refractivity contribution in [1.82, 2.24) is 16.0 Å². The van der Waals surface area contributed by atoms with E-state index in [2.05, 4.69) is 16.0 Å². The van der Waals surface area contributed by atoms with E-state index in [0.717, 1.165) is 29.5 Å². The van der Waals surface area contributed by atoms with Crippen LogP contribution < -0.4 is 20.7 Å². The number of allylic oxidation sites excluding steroid dienone is 1. The Bertz CT molecular complexity index is 1610. The zero-order valence-electron chi connectivity index (χ0n) is 28.8. The lowest BCUT2D eigenvalue weighted by molar-refractivity contribution is -0.149. The van der Waals surface area contributed by atoms with Gasteiger partial charge in [-0.25, -0.2) is 9.59 Å². The first-order chi connectivity index (χ1) is 24.8. The van der Waals surface area contributed by atoms with Gasteiger partial charge in [0.2, 0.25) is 11.8 Å². The highest BCUT2D eigenvalue weighted by atomic mass is 16.6. The van der Waals surface area contributed by atoms with Gasteiger partial charge in [-0.15, -0.1) is 0 Å². The molecule has 2 aliphatic rings. The lowest BCUT2D eigenvalue weighted by Gasteiger charge is -2.32. The van der Waals surface area contributed by atoms with Crippen LogP contribution in [-0.4, -0.2) is 59.8 Å². The molecule has 270 valence electrons. The van der Waals surface area contributed by atoms with Crippen LogP contribution in [0.5, 0.6) is 5.75 Å². The molecule has 11 heteroatoms. The number of benzene rings is 3. The Kier molecular flexibility index (Phi) is 13.6. The number of nitrogens with one attached hydrogen (secondary N) is 3. The number of amides is 3. The Morgan fingerprint density at radius 2 is 1.51 bits per heavy atom. The van der Waals surface area contributed by atoms with E-state index < -0.39 is 35.6 Å². The maximum absolute atomic E-state index is 13.6. The van der Waals surface area contributed by atoms with E-state index in [-0.39, 0.29) is 50.9 Å². The molecule has 11 nitrogen and oxygen atoms in total. The van der Waals surface area contributed by atoms with E-state index in [9.17, 15) is 24.3 Å². The fraction of sp³-hybridized carbons (Fsp3) is 0.400. The van der Waals surface area contributed by atoms with Crippen LogP contribution in [0.4, 0.5) is 4.79 Å². The highest BCUT2D eigenvalue weighted by molar-refractivity contribution is 5.87. The van der Waals surface area contributed by atoms with Crippen LogP contribution in [-0.2, 0) is 43.5 Å². The average Bonchev–Trinajstić information content (AvgIpc) is 3.61. The largest absolute Gasteiger partial charge is 0.489 e. The predicted molar refractivity (Wildman–Crippen MR) is 190 cm³/mol. The summed E-state index contributed by atoms with van der Waals surface area (Å²) in [6, 6.07) is 25.1. The van der Waals surface area contributed by atoms with Gasteiger partial charge in [0, 0.05) is 6.42 Å². The van der Waals surface area contributed by atoms with E-state index >= 15 is 0 Å². The number of aliphatic hydroxyl groups excluding tert-OH is 1. The number of hydrogen-bond acceptors (Lipinski definition) is 8. The second-order valence-electron chi connectivity index (χ2n) is 13.3. The van der Waals surface area contributed by atoms with Crippen LogP contribution in [0.1, 0.15) is 61.6 Å². The molecule has 0 bridgehead atoms. The van der Waals surface area contributed by atoms with Gasteiger partial charge in [0.05, 0.1) is 24.1 Å². The number of esters is 1. The molecule has 1 fully saturated rings. The Morgan fingerprint density at radius 3 is 2.18 bits per heavy atom. The third-order valence-corrected chi connectivity index (χ3v) is 9.23. The van der Waals surface area contributed by atoms with Crippen LogP contribution in [0.25, 0.3) is 0 Å². The molecule has 1 aliphatic carbocycles. The summed E-state index contributed by atoms with van der Waals surface area (Å²) in [6.45, 7) is 0.190. The molecule has 0 aromatic heterocycles. The van der Waals surface area contributed by atoms with Gasteiger partial charge in [0.1, 0.15) is 31.6 Å². The van der Waals surface area contributed by atoms with Crippen LogP contribution >= 0.6 is 0 Å². The molecule has 1 spiro atoms. The summed E-state index contributed by atoms with van der Waals surface area (Å²) in [4.78, 5) is 52.6. The fourth-order valence-corrected chi connectivity index (χ4v) is 6.35. The molecular weight excluding hydrogens is 650 g/mol. The van der Waals surface area contributed by atoms with E-state index in [0.29, 0.717) is 31.6 Å². The fourth-order valence-electron chi connectivity index (χ4n) is 6.35. The molecule has 3 amide bonds. The minimum Gasteiger partial charge on any atom is -0.489 e. The third kappa shape index (κ3) is 11.7. The van der Waals surface area contributed by atoms with Gasteiger partial charge in [-0.2, -0.15) is 0 Å². The number of carbonyl (C=O) groups is 4. The quantitative estimate of drug-likeness (QED) is 0.154. The molecule has 51 heavy (non-hydrogen) atoms. The standard InChI is InChI=1S/C40H47N3O8/c44-25-33(23-29-17-19-34(20-18-29)49-26-30-11-3-1-4-12-30)41-36(45)24-32-15-7-8-16-35(42-39(48)50-27-31-13-5-2-6-14-31)38(47)51-28-40(43-37(32)46)21-9-10-22-40/h1-8,11-14,17-20,32-33,35,44H,9-10,15-16,21-28H2,(H,41,45)(H,42,48)(H,43,46)/t32-,33+,35-/m1/s1. The number of carbonyl (C=O) groups excluding carboxylic acids is 4. The first-order valence-corrected chi connectivity index (χ1v) is 17.6. The summed E-state index contributed by atoms with van der Waals surface area (Å²) in [7, 11) is 0. The van der Waals surface area contributed by atoms with Crippen molar-refractivity contribution in [2.24, 2.45) is 5.92 Å². The van der Waals surface area contributed by atoms with Crippen molar-refractivity contribution in [2.45, 2.75) is 82.2 Å². The van der Waals surface area contributed by atoms with Gasteiger partial charge in [0.15, 0.2) is 0 Å². The van der Waals surface area contributed by atoms with Crippen molar-refractivity contribution in [3.05, 3.63) is 114 Å². The first kappa shape index (κ1) is 37.1. The smallest absolute Gasteiger partial charge is 0.408 e. The number of alkyl carbamates (subject to hydrolysis) is 1. The zero-order chi connectivity index (χ0) is 35.9. The van der Waals surface area contributed by atoms with Gasteiger partial charge in [-0.05, 0) is 60.9 Å². The molecule has 0 unspecified atom stereocenters. The van der Waals surface area contributed by atoms with Crippen molar-refractivity contribution >= 4 is 23.9 Å². The lowest BCUT2D eigenvalue weighted by atomic mass is 9.93. The van der Waals surface area contributed by atoms with Gasteiger partial charge >= 0.3 is 12.1 Å². The molecule has 1 aliphatic heterocycles. The molecule has 0 radical (unpaired) electrons. The third-order valence-electron chi connectivity index (χ3n) is 9.23. The molecular formula is C40H47N3O8. The maximum Gasteiger partial charge on any atom is 0.408 e. The molecule has 1 heterocycles. The summed E-state index contributed by atoms with van der Waals surface area (Å²) in [6.07, 6.45) is 6.31. The molecule has 1 saturated carbocycles. The van der Waals surface area contributed by atoms with Gasteiger partial charge in [0.25, 0.3) is 0 Å². The SMILES string of the molecule is O=C(C[C@H]1CC=CC[C@@H](NC(=O)OCc2ccccc2)C(=O)OCC2(CCCC2)NC1=O)N[C@H](CO)Cc1ccc(OCc2ccccc2)cc1. The Hall–Kier alpha value is -5.16. The lowest BCUT2D eigenvalue weighted by Crippen LogP contribution is -2.53. The highest BCUT2D eigenvalue weighted by Crippen LogP contribution is 2.31. The molecule has 5 rings (SSSR count). The Balaban J connectivity index is 1.17. The van der Waals surface area contributed by atoms with Crippen molar-refractivity contribution in [3.8, 4) is 5.75 Å². The number of ether oxygens (including phenoxy) is 3. The molecule has 0 saturated heterocycles. The molecule has 4 N–H and O–H groups in total. The minimum absolute atomic E-state index is 0.0415. The van der Waals surface area contributed by atoms with Crippen LogP contribution in [0, 0.1) is 5.92 Å². The number of aliphatic hydroxyl groups is 1. The normalized spacial score (nSPS) is 19.5. The maximum atomic E-state index is 13.6. The molecule has 3 atom stereocenters. The van der Waals surface area contributed by atoms with E-state index in [1.165, 1.54) is 0 Å². The summed E-state index contributed by atoms with van der Waals surface area (Å²) < 4.78 is 16.9. The summed E-state index contributed by atoms with van der Waals surface area (Å²) >= 11 is 0. The second-order valence-corrected chi connectivity index (χ2v) is 13.3. The van der Waals surface area contributed by atoms with Crippen molar-refractivity contribution in [2.75, 3.05) is 13.2 Å². The average molecular weight is 698 g/mol. The van der Waals surface area contributed by atoms with Gasteiger partial charge < -0.3 is 35.3 Å². The van der Waals surface area contributed by atoms with E-state index in [4.69, 9.17) is 14.2 Å². The topological polar surface area (TPSA) is 152 Å². The molecule has 3 aromatic rings. The summed E-state index contributed by atoms with van der Waals surface area (Å²) in [5.74, 6) is -1.24. The monoisotopic (exact) mass is 697 g/mol. The highest BCUT2D eigenvalue weighted by Gasteiger charge is 2.39. The van der Waals surface area contributed by atoms with E-state index in [1.54, 1.807) is 12.2 Å². The second kappa shape index (κ2) is 18.7. The van der Waals surface area contributed by atoms with Crippen LogP contribution in [0.15, 0.2) is 97.1 Å². The van der Waals surface area contributed by atoms with Crippen molar-refractivity contribution in [3.63, 3.8) is 0 Å². The number of rotatable bonds is 12. The van der Waals surface area contributed by atoms with Gasteiger partial charge in [-0.3, -0.25) is 9.59 Å². The minimum atomic E-state index is -0.991. The van der Waals surface area contributed by atoms with Crippen molar-refractivity contribution in [1.29, 1.82) is 0 Å². The van der Waals surface area contributed by atoms with Gasteiger partial charge in [-0.1, -0.05) is 97.8 Å². The summed E-state index contributed by atoms with van der Waals surface area (Å²) in [5.41, 5.74) is 2.04. The Labute approximate surface area is 298 Å². The predicted octanol–water partition coefficient (Wildman–Crippen LogP) is 4.91. The molecule has 3 aromatic carbocycles. The number of cyclic esters (lactones) is 1. The van der Waals surface area contributed by atoms with Crippen molar-refractivity contribution < 1.29 is 38.5 Å². The number of hydrogen-bond donors (Lipinski definition) is 4. The van der Waals surface area contributed by atoms with E-state index in [1.807, 2.05) is 84.9 Å². The summed E-state index contributed by atoms with van der Waals surface area (Å²) in [5, 5.41) is 18.7. The van der Waals surface area contributed by atoms with Crippen LogP contribution in [0.2, 0.25) is 0 Å².